The molecule has 0 spiro atoms. The molecule has 0 bridgehead atoms. The lowest BCUT2D eigenvalue weighted by Crippen LogP contribution is -2.07. The zero-order valence-corrected chi connectivity index (χ0v) is 12.6. The Kier molecular flexibility index (Phi) is 2.99. The first-order valence-electron chi connectivity index (χ1n) is 6.06. The number of aryl methyl sites for hydroxylation is 2. The van der Waals surface area contributed by atoms with Gasteiger partial charge in [-0.25, -0.2) is 9.97 Å². The Hall–Kier alpha value is -1.53. The van der Waals surface area contributed by atoms with Crippen molar-refractivity contribution in [1.29, 1.82) is 0 Å². The fraction of sp³-hybridized carbons (Fsp3) is 0.308. The molecule has 0 amide bonds. The molecule has 0 saturated carbocycles. The molecule has 1 N–H and O–H groups in total. The van der Waals surface area contributed by atoms with Crippen LogP contribution in [-0.4, -0.2) is 19.5 Å². The van der Waals surface area contributed by atoms with Crippen LogP contribution in [0.5, 0.6) is 0 Å². The summed E-state index contributed by atoms with van der Waals surface area (Å²) in [5.41, 5.74) is 3.89. The molecule has 6 heteroatoms. The molecule has 0 fully saturated rings. The van der Waals surface area contributed by atoms with Crippen LogP contribution in [0.4, 0.5) is 0 Å². The Morgan fingerprint density at radius 3 is 2.74 bits per heavy atom. The van der Waals surface area contributed by atoms with Crippen LogP contribution < -0.4 is 0 Å². The molecule has 0 radical (unpaired) electrons. The van der Waals surface area contributed by atoms with Crippen molar-refractivity contribution in [2.75, 3.05) is 0 Å². The summed E-state index contributed by atoms with van der Waals surface area (Å²) in [6, 6.07) is 4.09. The minimum atomic E-state index is 0.0919. The van der Waals surface area contributed by atoms with Crippen molar-refractivity contribution >= 4 is 34.7 Å². The van der Waals surface area contributed by atoms with Crippen molar-refractivity contribution in [3.63, 3.8) is 0 Å². The summed E-state index contributed by atoms with van der Waals surface area (Å²) in [7, 11) is 0. The van der Waals surface area contributed by atoms with E-state index in [2.05, 4.69) is 27.3 Å². The van der Waals surface area contributed by atoms with E-state index < -0.39 is 0 Å². The van der Waals surface area contributed by atoms with Gasteiger partial charge in [0.2, 0.25) is 0 Å². The maximum atomic E-state index is 5.42. The van der Waals surface area contributed by atoms with Gasteiger partial charge in [-0.2, -0.15) is 0 Å². The summed E-state index contributed by atoms with van der Waals surface area (Å²) in [6.45, 7) is 6.09. The van der Waals surface area contributed by atoms with E-state index in [9.17, 15) is 0 Å². The molecule has 3 aromatic rings. The number of nitrogens with zero attached hydrogens (tertiary/aromatic N) is 3. The number of aromatic nitrogens is 4. The van der Waals surface area contributed by atoms with Gasteiger partial charge >= 0.3 is 0 Å². The summed E-state index contributed by atoms with van der Waals surface area (Å²) < 4.78 is 2.73. The maximum absolute atomic E-state index is 5.42. The van der Waals surface area contributed by atoms with Gasteiger partial charge in [-0.1, -0.05) is 0 Å². The highest BCUT2D eigenvalue weighted by molar-refractivity contribution is 7.71. The Morgan fingerprint density at radius 1 is 1.26 bits per heavy atom. The highest BCUT2D eigenvalue weighted by Gasteiger charge is 2.16. The lowest BCUT2D eigenvalue weighted by Gasteiger charge is -2.11. The van der Waals surface area contributed by atoms with E-state index in [-0.39, 0.29) is 6.04 Å². The minimum Gasteiger partial charge on any atom is -0.329 e. The molecule has 19 heavy (non-hydrogen) atoms. The molecule has 3 aromatic heterocycles. The molecule has 4 nitrogen and oxygen atoms in total. The standard InChI is InChI=1S/C13H14N4S2/c1-7-4-5-10-11(14-7)17(13(18)16-10)9(3)12-15-8(2)6-19-12/h4-6,9H,1-3H3,(H,16,18). The van der Waals surface area contributed by atoms with E-state index in [0.717, 1.165) is 27.6 Å². The predicted octanol–water partition coefficient (Wildman–Crippen LogP) is 3.78. The van der Waals surface area contributed by atoms with Gasteiger partial charge < -0.3 is 4.98 Å². The number of fused-ring (bicyclic) bond motifs is 1. The minimum absolute atomic E-state index is 0.0919. The van der Waals surface area contributed by atoms with Crippen molar-refractivity contribution in [3.05, 3.63) is 38.7 Å². The normalized spacial score (nSPS) is 13.0. The van der Waals surface area contributed by atoms with Crippen molar-refractivity contribution in [2.45, 2.75) is 26.8 Å². The molecule has 0 aromatic carbocycles. The van der Waals surface area contributed by atoms with Crippen molar-refractivity contribution in [2.24, 2.45) is 0 Å². The van der Waals surface area contributed by atoms with Gasteiger partial charge in [0.15, 0.2) is 10.4 Å². The summed E-state index contributed by atoms with van der Waals surface area (Å²) in [4.78, 5) is 12.3. The van der Waals surface area contributed by atoms with E-state index in [1.165, 1.54) is 0 Å². The average Bonchev–Trinajstić information content (AvgIpc) is 2.91. The number of nitrogens with one attached hydrogen (secondary N) is 1. The van der Waals surface area contributed by atoms with E-state index in [4.69, 9.17) is 12.2 Å². The lowest BCUT2D eigenvalue weighted by atomic mass is 10.3. The van der Waals surface area contributed by atoms with Gasteiger partial charge in [-0.3, -0.25) is 4.57 Å². The van der Waals surface area contributed by atoms with Crippen LogP contribution in [0.15, 0.2) is 17.5 Å². The zero-order valence-electron chi connectivity index (χ0n) is 11.0. The Labute approximate surface area is 120 Å². The highest BCUT2D eigenvalue weighted by Crippen LogP contribution is 2.25. The van der Waals surface area contributed by atoms with E-state index in [1.54, 1.807) is 11.3 Å². The van der Waals surface area contributed by atoms with Gasteiger partial charge in [-0.15, -0.1) is 11.3 Å². The second-order valence-electron chi connectivity index (χ2n) is 4.63. The molecule has 1 atom stereocenters. The fourth-order valence-corrected chi connectivity index (χ4v) is 3.33. The number of pyridine rings is 1. The number of rotatable bonds is 2. The number of imidazole rings is 1. The molecule has 0 aliphatic carbocycles. The van der Waals surface area contributed by atoms with Crippen LogP contribution in [0, 0.1) is 18.6 Å². The topological polar surface area (TPSA) is 46.5 Å². The number of H-pyrrole nitrogens is 1. The summed E-state index contributed by atoms with van der Waals surface area (Å²) in [6.07, 6.45) is 0. The number of hydrogen-bond donors (Lipinski definition) is 1. The SMILES string of the molecule is Cc1csc(C(C)n2c(=S)[nH]c3ccc(C)nc32)n1. The third-order valence-electron chi connectivity index (χ3n) is 3.08. The molecular formula is C13H14N4S2. The van der Waals surface area contributed by atoms with Crippen molar-refractivity contribution < 1.29 is 0 Å². The predicted molar refractivity (Wildman–Crippen MR) is 80.3 cm³/mol. The highest BCUT2D eigenvalue weighted by atomic mass is 32.1. The number of aromatic amines is 1. The lowest BCUT2D eigenvalue weighted by molar-refractivity contribution is 0.638. The van der Waals surface area contributed by atoms with Crippen LogP contribution in [0.1, 0.15) is 29.4 Å². The first kappa shape index (κ1) is 12.5. The van der Waals surface area contributed by atoms with Crippen molar-refractivity contribution in [1.82, 2.24) is 19.5 Å². The largest absolute Gasteiger partial charge is 0.329 e. The molecule has 0 saturated heterocycles. The summed E-state index contributed by atoms with van der Waals surface area (Å²) in [5.74, 6) is 0. The monoisotopic (exact) mass is 290 g/mol. The smallest absolute Gasteiger partial charge is 0.179 e. The third-order valence-corrected chi connectivity index (χ3v) is 4.52. The second-order valence-corrected chi connectivity index (χ2v) is 5.90. The first-order valence-corrected chi connectivity index (χ1v) is 7.35. The molecule has 0 aliphatic rings. The van der Waals surface area contributed by atoms with Crippen LogP contribution >= 0.6 is 23.6 Å². The Balaban J connectivity index is 2.21. The molecule has 98 valence electrons. The summed E-state index contributed by atoms with van der Waals surface area (Å²) in [5, 5.41) is 3.11. The van der Waals surface area contributed by atoms with E-state index in [0.29, 0.717) is 4.77 Å². The fourth-order valence-electron chi connectivity index (χ4n) is 2.13. The third kappa shape index (κ3) is 2.11. The van der Waals surface area contributed by atoms with Crippen LogP contribution in [0.25, 0.3) is 11.2 Å². The number of thiazole rings is 1. The van der Waals surface area contributed by atoms with Gasteiger partial charge in [0.25, 0.3) is 0 Å². The molecule has 3 heterocycles. The van der Waals surface area contributed by atoms with Gasteiger partial charge in [0.1, 0.15) is 5.01 Å². The molecule has 3 rings (SSSR count). The van der Waals surface area contributed by atoms with Gasteiger partial charge in [0, 0.05) is 16.8 Å². The van der Waals surface area contributed by atoms with Crippen molar-refractivity contribution in [3.8, 4) is 0 Å². The summed E-state index contributed by atoms with van der Waals surface area (Å²) >= 11 is 7.08. The van der Waals surface area contributed by atoms with Gasteiger partial charge in [-0.05, 0) is 45.1 Å². The van der Waals surface area contributed by atoms with Crippen LogP contribution in [0.2, 0.25) is 0 Å². The van der Waals surface area contributed by atoms with E-state index in [1.807, 2.05) is 30.5 Å². The molecule has 1 unspecified atom stereocenters. The van der Waals surface area contributed by atoms with Crippen LogP contribution in [0.3, 0.4) is 0 Å². The second kappa shape index (κ2) is 4.54. The molecular weight excluding hydrogens is 276 g/mol. The molecule has 0 aliphatic heterocycles. The number of hydrogen-bond acceptors (Lipinski definition) is 4. The Morgan fingerprint density at radius 2 is 2.05 bits per heavy atom. The first-order chi connectivity index (χ1) is 9.06. The quantitative estimate of drug-likeness (QED) is 0.731. The average molecular weight is 290 g/mol. The van der Waals surface area contributed by atoms with Crippen LogP contribution in [-0.2, 0) is 0 Å². The van der Waals surface area contributed by atoms with Gasteiger partial charge in [0.05, 0.1) is 11.6 Å². The Bertz CT molecular complexity index is 796. The zero-order chi connectivity index (χ0) is 13.6. The maximum Gasteiger partial charge on any atom is 0.179 e. The van der Waals surface area contributed by atoms with E-state index >= 15 is 0 Å².